The first-order valence-corrected chi connectivity index (χ1v) is 4.60. The Balaban J connectivity index is 3.41. The van der Waals surface area contributed by atoms with Crippen molar-refractivity contribution in [2.75, 3.05) is 13.1 Å². The molecule has 0 saturated heterocycles. The number of hydrogen-bond acceptors (Lipinski definition) is 4. The second-order valence-corrected chi connectivity index (χ2v) is 2.95. The van der Waals surface area contributed by atoms with Crippen molar-refractivity contribution in [2.24, 2.45) is 11.5 Å². The van der Waals surface area contributed by atoms with E-state index < -0.39 is 23.6 Å². The molecule has 4 amide bonds. The Morgan fingerprint density at radius 2 is 1.06 bits per heavy atom. The van der Waals surface area contributed by atoms with Crippen molar-refractivity contribution in [1.29, 1.82) is 0 Å². The van der Waals surface area contributed by atoms with Crippen LogP contribution in [0.25, 0.3) is 0 Å². The maximum Gasteiger partial charge on any atom is 0.309 e. The molecule has 0 aliphatic rings. The lowest BCUT2D eigenvalue weighted by Gasteiger charge is -2.03. The number of hydrogen-bond donors (Lipinski definition) is 4. The van der Waals surface area contributed by atoms with Crippen LogP contribution >= 0.6 is 0 Å². The Labute approximate surface area is 91.7 Å². The van der Waals surface area contributed by atoms with Gasteiger partial charge in [-0.1, -0.05) is 0 Å². The van der Waals surface area contributed by atoms with Crippen LogP contribution in [0.15, 0.2) is 0 Å². The highest BCUT2D eigenvalue weighted by Gasteiger charge is 2.07. The van der Waals surface area contributed by atoms with Gasteiger partial charge in [-0.15, -0.1) is 0 Å². The molecule has 0 aliphatic heterocycles. The predicted octanol–water partition coefficient (Wildman–Crippen LogP) is -3.03. The minimum Gasteiger partial charge on any atom is -0.361 e. The van der Waals surface area contributed by atoms with Crippen molar-refractivity contribution < 1.29 is 19.2 Å². The zero-order valence-corrected chi connectivity index (χ0v) is 8.62. The normalized spacial score (nSPS) is 9.25. The standard InChI is InChI=1S/C8H14N4O4/c9-5(13)7(15)11-3-1-2-4-12-8(16)6(10)14/h1-4H2,(H2,9,13)(H2,10,14)(H,11,15)(H,12,16). The molecule has 0 atom stereocenters. The summed E-state index contributed by atoms with van der Waals surface area (Å²) in [5, 5.41) is 4.55. The van der Waals surface area contributed by atoms with Crippen molar-refractivity contribution in [2.45, 2.75) is 12.8 Å². The summed E-state index contributed by atoms with van der Waals surface area (Å²) >= 11 is 0. The van der Waals surface area contributed by atoms with Crippen molar-refractivity contribution in [3.63, 3.8) is 0 Å². The molecule has 0 radical (unpaired) electrons. The molecule has 0 aromatic heterocycles. The zero-order valence-electron chi connectivity index (χ0n) is 8.62. The number of unbranched alkanes of at least 4 members (excludes halogenated alkanes) is 1. The molecule has 0 aromatic rings. The van der Waals surface area contributed by atoms with Gasteiger partial charge in [-0.2, -0.15) is 0 Å². The van der Waals surface area contributed by atoms with Crippen molar-refractivity contribution in [3.8, 4) is 0 Å². The molecule has 90 valence electrons. The number of carbonyl (C=O) groups excluding carboxylic acids is 4. The Morgan fingerprint density at radius 3 is 1.31 bits per heavy atom. The number of carbonyl (C=O) groups is 4. The lowest BCUT2D eigenvalue weighted by molar-refractivity contribution is -0.137. The van der Waals surface area contributed by atoms with E-state index in [0.717, 1.165) is 0 Å². The molecule has 8 heteroatoms. The fourth-order valence-electron chi connectivity index (χ4n) is 0.828. The number of nitrogens with one attached hydrogen (secondary N) is 2. The SMILES string of the molecule is NC(=O)C(=O)NCCCCNC(=O)C(N)=O. The Bertz CT molecular complexity index is 272. The average molecular weight is 230 g/mol. The highest BCUT2D eigenvalue weighted by molar-refractivity contribution is 6.34. The van der Waals surface area contributed by atoms with Gasteiger partial charge in [0, 0.05) is 13.1 Å². The highest BCUT2D eigenvalue weighted by atomic mass is 16.2. The molecular formula is C8H14N4O4. The van der Waals surface area contributed by atoms with Gasteiger partial charge in [0.15, 0.2) is 0 Å². The highest BCUT2D eigenvalue weighted by Crippen LogP contribution is 1.84. The van der Waals surface area contributed by atoms with E-state index >= 15 is 0 Å². The summed E-state index contributed by atoms with van der Waals surface area (Å²) in [4.78, 5) is 41.9. The van der Waals surface area contributed by atoms with Crippen LogP contribution in [0.3, 0.4) is 0 Å². The van der Waals surface area contributed by atoms with E-state index in [1.54, 1.807) is 0 Å². The van der Waals surface area contributed by atoms with Crippen LogP contribution in [-0.4, -0.2) is 36.7 Å². The first-order valence-electron chi connectivity index (χ1n) is 4.60. The molecule has 16 heavy (non-hydrogen) atoms. The van der Waals surface area contributed by atoms with E-state index in [4.69, 9.17) is 11.5 Å². The lowest BCUT2D eigenvalue weighted by atomic mass is 10.3. The van der Waals surface area contributed by atoms with E-state index in [2.05, 4.69) is 10.6 Å². The van der Waals surface area contributed by atoms with Gasteiger partial charge in [0.1, 0.15) is 0 Å². The van der Waals surface area contributed by atoms with E-state index in [-0.39, 0.29) is 13.1 Å². The average Bonchev–Trinajstić information content (AvgIpc) is 2.21. The Hall–Kier alpha value is -2.12. The van der Waals surface area contributed by atoms with Crippen molar-refractivity contribution >= 4 is 23.6 Å². The fourth-order valence-corrected chi connectivity index (χ4v) is 0.828. The summed E-state index contributed by atoms with van der Waals surface area (Å²) in [6, 6.07) is 0. The number of nitrogens with two attached hydrogens (primary N) is 2. The van der Waals surface area contributed by atoms with Gasteiger partial charge in [-0.05, 0) is 12.8 Å². The summed E-state index contributed by atoms with van der Waals surface area (Å²) in [6.45, 7) is 0.544. The van der Waals surface area contributed by atoms with Crippen LogP contribution in [-0.2, 0) is 19.2 Å². The lowest BCUT2D eigenvalue weighted by Crippen LogP contribution is -2.38. The Kier molecular flexibility index (Phi) is 6.25. The zero-order chi connectivity index (χ0) is 12.6. The van der Waals surface area contributed by atoms with Crippen LogP contribution in [0.2, 0.25) is 0 Å². The summed E-state index contributed by atoms with van der Waals surface area (Å²) < 4.78 is 0. The van der Waals surface area contributed by atoms with Crippen molar-refractivity contribution in [1.82, 2.24) is 10.6 Å². The van der Waals surface area contributed by atoms with E-state index in [1.165, 1.54) is 0 Å². The number of rotatable bonds is 5. The van der Waals surface area contributed by atoms with Gasteiger partial charge in [-0.25, -0.2) is 0 Å². The van der Waals surface area contributed by atoms with Crippen molar-refractivity contribution in [3.05, 3.63) is 0 Å². The van der Waals surface area contributed by atoms with E-state index in [0.29, 0.717) is 12.8 Å². The van der Waals surface area contributed by atoms with Gasteiger partial charge in [0.05, 0.1) is 0 Å². The predicted molar refractivity (Wildman–Crippen MR) is 53.6 cm³/mol. The molecule has 0 bridgehead atoms. The van der Waals surface area contributed by atoms with Crippen LogP contribution in [0.1, 0.15) is 12.8 Å². The fraction of sp³-hybridized carbons (Fsp3) is 0.500. The largest absolute Gasteiger partial charge is 0.361 e. The summed E-state index contributed by atoms with van der Waals surface area (Å²) in [7, 11) is 0. The van der Waals surface area contributed by atoms with Crippen LogP contribution < -0.4 is 22.1 Å². The second kappa shape index (κ2) is 7.21. The first kappa shape index (κ1) is 13.9. The molecular weight excluding hydrogens is 216 g/mol. The quantitative estimate of drug-likeness (QED) is 0.294. The maximum absolute atomic E-state index is 10.7. The van der Waals surface area contributed by atoms with Crippen LogP contribution in [0.5, 0.6) is 0 Å². The third kappa shape index (κ3) is 6.35. The third-order valence-corrected chi connectivity index (χ3v) is 1.62. The minimum absolute atomic E-state index is 0.272. The molecule has 0 unspecified atom stereocenters. The number of primary amides is 2. The van der Waals surface area contributed by atoms with Gasteiger partial charge in [0.2, 0.25) is 0 Å². The topological polar surface area (TPSA) is 144 Å². The smallest absolute Gasteiger partial charge is 0.309 e. The third-order valence-electron chi connectivity index (χ3n) is 1.62. The van der Waals surface area contributed by atoms with Gasteiger partial charge in [0.25, 0.3) is 0 Å². The number of amides is 4. The van der Waals surface area contributed by atoms with Gasteiger partial charge >= 0.3 is 23.6 Å². The van der Waals surface area contributed by atoms with E-state index in [9.17, 15) is 19.2 Å². The van der Waals surface area contributed by atoms with Crippen LogP contribution in [0.4, 0.5) is 0 Å². The monoisotopic (exact) mass is 230 g/mol. The van der Waals surface area contributed by atoms with E-state index in [1.807, 2.05) is 0 Å². The molecule has 0 rings (SSSR count). The molecule has 0 spiro atoms. The Morgan fingerprint density at radius 1 is 0.750 bits per heavy atom. The summed E-state index contributed by atoms with van der Waals surface area (Å²) in [5.74, 6) is -3.77. The summed E-state index contributed by atoms with van der Waals surface area (Å²) in [5.41, 5.74) is 9.38. The maximum atomic E-state index is 10.7. The second-order valence-electron chi connectivity index (χ2n) is 2.95. The molecule has 0 heterocycles. The molecule has 0 aromatic carbocycles. The minimum atomic E-state index is -1.04. The molecule has 0 fully saturated rings. The first-order chi connectivity index (χ1) is 7.45. The molecule has 0 saturated carbocycles. The van der Waals surface area contributed by atoms with Gasteiger partial charge < -0.3 is 22.1 Å². The van der Waals surface area contributed by atoms with Crippen LogP contribution in [0, 0.1) is 0 Å². The molecule has 6 N–H and O–H groups in total. The molecule has 0 aliphatic carbocycles. The molecule has 8 nitrogen and oxygen atoms in total. The summed E-state index contributed by atoms with van der Waals surface area (Å²) in [6.07, 6.45) is 1.08. The van der Waals surface area contributed by atoms with Gasteiger partial charge in [-0.3, -0.25) is 19.2 Å².